The second-order valence-corrected chi connectivity index (χ2v) is 7.87. The molecule has 2 heterocycles. The molecule has 4 rings (SSSR count). The first-order chi connectivity index (χ1) is 14.5. The molecule has 156 valence electrons. The molecule has 0 radical (unpaired) electrons. The number of benzene rings is 2. The van der Waals surface area contributed by atoms with Crippen LogP contribution in [0.15, 0.2) is 53.7 Å². The summed E-state index contributed by atoms with van der Waals surface area (Å²) in [5, 5.41) is 6.90. The van der Waals surface area contributed by atoms with Crippen molar-refractivity contribution in [2.45, 2.75) is 31.8 Å². The summed E-state index contributed by atoms with van der Waals surface area (Å²) in [6, 6.07) is 14.7. The third-order valence-electron chi connectivity index (χ3n) is 5.57. The Morgan fingerprint density at radius 2 is 1.87 bits per heavy atom. The minimum absolute atomic E-state index is 0.0196. The summed E-state index contributed by atoms with van der Waals surface area (Å²) in [6.07, 6.45) is 1.95. The molecular weight excluding hydrogens is 382 g/mol. The van der Waals surface area contributed by atoms with Crippen molar-refractivity contribution in [1.82, 2.24) is 4.90 Å². The van der Waals surface area contributed by atoms with Gasteiger partial charge >= 0.3 is 0 Å². The number of hydrogen-bond donors (Lipinski definition) is 1. The second kappa shape index (κ2) is 8.18. The molecule has 1 spiro atoms. The van der Waals surface area contributed by atoms with E-state index in [1.807, 2.05) is 31.2 Å². The first-order valence-electron chi connectivity index (χ1n) is 10.0. The molecule has 0 bridgehead atoms. The lowest BCUT2D eigenvalue weighted by atomic mass is 9.87. The van der Waals surface area contributed by atoms with E-state index in [0.717, 1.165) is 18.4 Å². The molecule has 1 N–H and O–H groups in total. The largest absolute Gasteiger partial charge is 0.497 e. The van der Waals surface area contributed by atoms with Crippen LogP contribution >= 0.6 is 0 Å². The van der Waals surface area contributed by atoms with E-state index in [9.17, 15) is 9.59 Å². The van der Waals surface area contributed by atoms with Crippen LogP contribution in [-0.2, 0) is 9.63 Å². The van der Waals surface area contributed by atoms with E-state index in [-0.39, 0.29) is 11.8 Å². The normalized spacial score (nSPS) is 20.5. The summed E-state index contributed by atoms with van der Waals surface area (Å²) in [4.78, 5) is 33.1. The molecule has 0 saturated carbocycles. The molecule has 2 amide bonds. The van der Waals surface area contributed by atoms with Crippen molar-refractivity contribution in [3.05, 3.63) is 59.7 Å². The maximum absolute atomic E-state index is 12.9. The number of nitrogens with one attached hydrogen (secondary N) is 1. The topological polar surface area (TPSA) is 80.2 Å². The van der Waals surface area contributed by atoms with Crippen LogP contribution in [0, 0.1) is 6.92 Å². The van der Waals surface area contributed by atoms with Crippen molar-refractivity contribution in [2.75, 3.05) is 25.5 Å². The Morgan fingerprint density at radius 1 is 1.13 bits per heavy atom. The fourth-order valence-corrected chi connectivity index (χ4v) is 3.89. The van der Waals surface area contributed by atoms with Gasteiger partial charge in [-0.25, -0.2) is 0 Å². The van der Waals surface area contributed by atoms with E-state index in [2.05, 4.69) is 10.5 Å². The van der Waals surface area contributed by atoms with Crippen molar-refractivity contribution in [3.8, 4) is 5.75 Å². The zero-order chi connectivity index (χ0) is 21.1. The fourth-order valence-electron chi connectivity index (χ4n) is 3.89. The number of aryl methyl sites for hydroxylation is 1. The Kier molecular flexibility index (Phi) is 5.44. The Bertz CT molecular complexity index is 969. The average molecular weight is 407 g/mol. The third-order valence-corrected chi connectivity index (χ3v) is 5.57. The number of methoxy groups -OCH3 is 1. The highest BCUT2D eigenvalue weighted by molar-refractivity contribution is 6.43. The van der Waals surface area contributed by atoms with Gasteiger partial charge in [0.2, 0.25) is 0 Å². The number of amides is 2. The van der Waals surface area contributed by atoms with E-state index >= 15 is 0 Å². The highest BCUT2D eigenvalue weighted by Gasteiger charge is 2.45. The highest BCUT2D eigenvalue weighted by Crippen LogP contribution is 2.34. The molecule has 2 aromatic rings. The van der Waals surface area contributed by atoms with E-state index in [1.54, 1.807) is 36.3 Å². The number of oxime groups is 1. The predicted molar refractivity (Wildman–Crippen MR) is 114 cm³/mol. The van der Waals surface area contributed by atoms with Gasteiger partial charge in [-0.3, -0.25) is 9.59 Å². The van der Waals surface area contributed by atoms with Crippen LogP contribution in [-0.4, -0.2) is 48.2 Å². The SMILES string of the molecule is COc1ccc(NC(=O)C2=NOC3(CCCN(C(=O)c4ccc(C)cc4)C3)C2)cc1. The number of hydrogen-bond acceptors (Lipinski definition) is 5. The smallest absolute Gasteiger partial charge is 0.273 e. The Labute approximate surface area is 175 Å². The highest BCUT2D eigenvalue weighted by atomic mass is 16.7. The third kappa shape index (κ3) is 4.15. The Balaban J connectivity index is 1.39. The molecule has 30 heavy (non-hydrogen) atoms. The van der Waals surface area contributed by atoms with Crippen LogP contribution in [0.2, 0.25) is 0 Å². The van der Waals surface area contributed by atoms with Gasteiger partial charge in [0.05, 0.1) is 13.7 Å². The number of carbonyl (C=O) groups excluding carboxylic acids is 2. The van der Waals surface area contributed by atoms with Crippen molar-refractivity contribution in [3.63, 3.8) is 0 Å². The molecule has 1 atom stereocenters. The van der Waals surface area contributed by atoms with Gasteiger partial charge in [-0.05, 0) is 56.2 Å². The standard InChI is InChI=1S/C23H25N3O4/c1-16-4-6-17(7-5-16)22(28)26-13-3-12-23(15-26)14-20(25-30-23)21(27)24-18-8-10-19(29-2)11-9-18/h4-11H,3,12-15H2,1-2H3,(H,24,27). The number of ether oxygens (including phenoxy) is 1. The van der Waals surface area contributed by atoms with Crippen LogP contribution in [0.4, 0.5) is 5.69 Å². The van der Waals surface area contributed by atoms with Crippen molar-refractivity contribution < 1.29 is 19.2 Å². The van der Waals surface area contributed by atoms with E-state index in [0.29, 0.717) is 42.2 Å². The lowest BCUT2D eigenvalue weighted by Gasteiger charge is -2.38. The molecule has 0 aliphatic carbocycles. The molecule has 7 nitrogen and oxygen atoms in total. The number of anilines is 1. The van der Waals surface area contributed by atoms with E-state index in [1.165, 1.54) is 0 Å². The van der Waals surface area contributed by atoms with Crippen LogP contribution < -0.4 is 10.1 Å². The minimum Gasteiger partial charge on any atom is -0.497 e. The molecule has 1 unspecified atom stereocenters. The number of likely N-dealkylation sites (tertiary alicyclic amines) is 1. The fraction of sp³-hybridized carbons (Fsp3) is 0.348. The molecule has 0 aromatic heterocycles. The van der Waals surface area contributed by atoms with Gasteiger partial charge in [-0.15, -0.1) is 0 Å². The van der Waals surface area contributed by atoms with Crippen molar-refractivity contribution in [2.24, 2.45) is 5.16 Å². The zero-order valence-corrected chi connectivity index (χ0v) is 17.2. The zero-order valence-electron chi connectivity index (χ0n) is 17.2. The number of nitrogens with zero attached hydrogens (tertiary/aromatic N) is 2. The van der Waals surface area contributed by atoms with Gasteiger partial charge in [0, 0.05) is 24.2 Å². The number of rotatable bonds is 4. The Hall–Kier alpha value is -3.35. The molecule has 2 aliphatic rings. The van der Waals surface area contributed by atoms with Gasteiger partial charge in [-0.1, -0.05) is 22.9 Å². The monoisotopic (exact) mass is 407 g/mol. The van der Waals surface area contributed by atoms with Gasteiger partial charge in [-0.2, -0.15) is 0 Å². The summed E-state index contributed by atoms with van der Waals surface area (Å²) in [5.74, 6) is 0.405. The maximum Gasteiger partial charge on any atom is 0.273 e. The Morgan fingerprint density at radius 3 is 2.57 bits per heavy atom. The maximum atomic E-state index is 12.9. The molecular formula is C23H25N3O4. The van der Waals surface area contributed by atoms with Gasteiger partial charge in [0.15, 0.2) is 5.60 Å². The summed E-state index contributed by atoms with van der Waals surface area (Å²) in [5.41, 5.74) is 2.14. The average Bonchev–Trinajstić information content (AvgIpc) is 3.17. The molecule has 1 fully saturated rings. The molecule has 2 aliphatic heterocycles. The number of carbonyl (C=O) groups is 2. The summed E-state index contributed by atoms with van der Waals surface area (Å²) in [7, 11) is 1.59. The van der Waals surface area contributed by atoms with Crippen LogP contribution in [0.25, 0.3) is 0 Å². The summed E-state index contributed by atoms with van der Waals surface area (Å²) in [6.45, 7) is 3.08. The van der Waals surface area contributed by atoms with Crippen molar-refractivity contribution >= 4 is 23.2 Å². The minimum atomic E-state index is -0.634. The predicted octanol–water partition coefficient (Wildman–Crippen LogP) is 3.39. The second-order valence-electron chi connectivity index (χ2n) is 7.87. The molecule has 2 aromatic carbocycles. The van der Waals surface area contributed by atoms with E-state index in [4.69, 9.17) is 9.57 Å². The summed E-state index contributed by atoms with van der Waals surface area (Å²) >= 11 is 0. The first kappa shape index (κ1) is 19.9. The quantitative estimate of drug-likeness (QED) is 0.843. The van der Waals surface area contributed by atoms with E-state index < -0.39 is 5.60 Å². The van der Waals surface area contributed by atoms with Crippen molar-refractivity contribution in [1.29, 1.82) is 0 Å². The van der Waals surface area contributed by atoms with Crippen LogP contribution in [0.1, 0.15) is 35.2 Å². The van der Waals surface area contributed by atoms with Crippen LogP contribution in [0.3, 0.4) is 0 Å². The molecule has 7 heteroatoms. The summed E-state index contributed by atoms with van der Waals surface area (Å²) < 4.78 is 5.13. The molecule has 1 saturated heterocycles. The first-order valence-corrected chi connectivity index (χ1v) is 10.0. The lowest BCUT2D eigenvalue weighted by Crippen LogP contribution is -2.50. The van der Waals surface area contributed by atoms with Crippen LogP contribution in [0.5, 0.6) is 5.75 Å². The lowest BCUT2D eigenvalue weighted by molar-refractivity contribution is -0.110. The van der Waals surface area contributed by atoms with Gasteiger partial charge in [0.1, 0.15) is 11.5 Å². The number of piperidine rings is 1. The van der Waals surface area contributed by atoms with Gasteiger partial charge < -0.3 is 19.8 Å². The van der Waals surface area contributed by atoms with Gasteiger partial charge in [0.25, 0.3) is 11.8 Å².